The van der Waals surface area contributed by atoms with Gasteiger partial charge in [0.2, 0.25) is 0 Å². The van der Waals surface area contributed by atoms with Gasteiger partial charge in [-0.1, -0.05) is 0 Å². The molecule has 1 aromatic carbocycles. The third-order valence-electron chi connectivity index (χ3n) is 2.12. The van der Waals surface area contributed by atoms with Gasteiger partial charge in [-0.25, -0.2) is 0 Å². The van der Waals surface area contributed by atoms with Crippen LogP contribution in [0.25, 0.3) is 0 Å². The van der Waals surface area contributed by atoms with Crippen molar-refractivity contribution >= 4 is 27.3 Å². The van der Waals surface area contributed by atoms with Crippen LogP contribution < -0.4 is 11.1 Å². The summed E-state index contributed by atoms with van der Waals surface area (Å²) in [6.07, 6.45) is 2.33. The highest BCUT2D eigenvalue weighted by Crippen LogP contribution is 2.32. The lowest BCUT2D eigenvalue weighted by Crippen LogP contribution is -2.12. The molecule has 0 aliphatic carbocycles. The SMILES string of the molecule is Nc1cc(Br)c2c(c1)CCCN2. The molecule has 2 nitrogen and oxygen atoms in total. The second-order valence-electron chi connectivity index (χ2n) is 3.07. The second kappa shape index (κ2) is 2.98. The first-order chi connectivity index (χ1) is 5.77. The highest BCUT2D eigenvalue weighted by atomic mass is 79.9. The van der Waals surface area contributed by atoms with Gasteiger partial charge in [-0.05, 0) is 46.5 Å². The number of benzene rings is 1. The van der Waals surface area contributed by atoms with Gasteiger partial charge in [0.05, 0.1) is 5.69 Å². The van der Waals surface area contributed by atoms with E-state index in [1.807, 2.05) is 12.1 Å². The molecule has 0 amide bonds. The molecule has 1 aliphatic rings. The van der Waals surface area contributed by atoms with Crippen molar-refractivity contribution < 1.29 is 0 Å². The van der Waals surface area contributed by atoms with Crippen molar-refractivity contribution in [2.24, 2.45) is 0 Å². The first-order valence-corrected chi connectivity index (χ1v) is 4.88. The Morgan fingerprint density at radius 3 is 3.08 bits per heavy atom. The fourth-order valence-corrected chi connectivity index (χ4v) is 2.23. The molecule has 0 unspecified atom stereocenters. The molecule has 0 saturated carbocycles. The maximum atomic E-state index is 5.72. The lowest BCUT2D eigenvalue weighted by molar-refractivity contribution is 0.829. The van der Waals surface area contributed by atoms with E-state index < -0.39 is 0 Å². The Morgan fingerprint density at radius 1 is 1.42 bits per heavy atom. The van der Waals surface area contributed by atoms with Crippen LogP contribution in [-0.2, 0) is 6.42 Å². The summed E-state index contributed by atoms with van der Waals surface area (Å²) in [4.78, 5) is 0. The van der Waals surface area contributed by atoms with Gasteiger partial charge in [-0.3, -0.25) is 0 Å². The molecule has 1 heterocycles. The van der Waals surface area contributed by atoms with Gasteiger partial charge in [-0.15, -0.1) is 0 Å². The fraction of sp³-hybridized carbons (Fsp3) is 0.333. The minimum absolute atomic E-state index is 0.837. The molecular formula is C9H11BrN2. The van der Waals surface area contributed by atoms with Gasteiger partial charge >= 0.3 is 0 Å². The molecule has 1 aromatic rings. The minimum atomic E-state index is 0.837. The molecule has 64 valence electrons. The summed E-state index contributed by atoms with van der Waals surface area (Å²) in [5.74, 6) is 0. The topological polar surface area (TPSA) is 38.0 Å². The van der Waals surface area contributed by atoms with Crippen molar-refractivity contribution in [3.63, 3.8) is 0 Å². The maximum absolute atomic E-state index is 5.72. The molecule has 0 spiro atoms. The van der Waals surface area contributed by atoms with Crippen molar-refractivity contribution in [3.8, 4) is 0 Å². The Morgan fingerprint density at radius 2 is 2.25 bits per heavy atom. The predicted molar refractivity (Wildman–Crippen MR) is 55.4 cm³/mol. The number of rotatable bonds is 0. The molecule has 3 heteroatoms. The summed E-state index contributed by atoms with van der Waals surface area (Å²) >= 11 is 3.49. The molecule has 12 heavy (non-hydrogen) atoms. The first kappa shape index (κ1) is 7.92. The lowest BCUT2D eigenvalue weighted by atomic mass is 10.0. The number of hydrogen-bond acceptors (Lipinski definition) is 2. The van der Waals surface area contributed by atoms with Gasteiger partial charge < -0.3 is 11.1 Å². The van der Waals surface area contributed by atoms with E-state index in [1.54, 1.807) is 0 Å². The van der Waals surface area contributed by atoms with Crippen molar-refractivity contribution in [2.75, 3.05) is 17.6 Å². The van der Waals surface area contributed by atoms with Gasteiger partial charge in [0, 0.05) is 16.7 Å². The van der Waals surface area contributed by atoms with E-state index in [-0.39, 0.29) is 0 Å². The molecule has 0 aromatic heterocycles. The highest BCUT2D eigenvalue weighted by molar-refractivity contribution is 9.10. The Bertz CT molecular complexity index is 310. The van der Waals surface area contributed by atoms with E-state index >= 15 is 0 Å². The number of hydrogen-bond donors (Lipinski definition) is 2. The summed E-state index contributed by atoms with van der Waals surface area (Å²) < 4.78 is 1.08. The number of anilines is 2. The molecular weight excluding hydrogens is 216 g/mol. The van der Waals surface area contributed by atoms with E-state index in [0.29, 0.717) is 0 Å². The van der Waals surface area contributed by atoms with Crippen LogP contribution in [0.15, 0.2) is 16.6 Å². The molecule has 0 saturated heterocycles. The summed E-state index contributed by atoms with van der Waals surface area (Å²) in [6.45, 7) is 1.06. The van der Waals surface area contributed by atoms with Gasteiger partial charge in [-0.2, -0.15) is 0 Å². The van der Waals surface area contributed by atoms with Crippen LogP contribution in [0.3, 0.4) is 0 Å². The van der Waals surface area contributed by atoms with Crippen LogP contribution in [0.5, 0.6) is 0 Å². The fourth-order valence-electron chi connectivity index (χ4n) is 1.57. The Kier molecular flexibility index (Phi) is 1.97. The number of fused-ring (bicyclic) bond motifs is 1. The van der Waals surface area contributed by atoms with Crippen LogP contribution in [-0.4, -0.2) is 6.54 Å². The van der Waals surface area contributed by atoms with Crippen molar-refractivity contribution in [1.29, 1.82) is 0 Å². The van der Waals surface area contributed by atoms with Crippen LogP contribution in [0.2, 0.25) is 0 Å². The van der Waals surface area contributed by atoms with Gasteiger partial charge in [0.1, 0.15) is 0 Å². The Hall–Kier alpha value is -0.700. The van der Waals surface area contributed by atoms with Crippen molar-refractivity contribution in [3.05, 3.63) is 22.2 Å². The zero-order valence-corrected chi connectivity index (χ0v) is 8.32. The molecule has 2 rings (SSSR count). The molecule has 0 atom stereocenters. The lowest BCUT2D eigenvalue weighted by Gasteiger charge is -2.19. The number of aryl methyl sites for hydroxylation is 1. The van der Waals surface area contributed by atoms with E-state index in [1.165, 1.54) is 17.7 Å². The molecule has 0 fully saturated rings. The first-order valence-electron chi connectivity index (χ1n) is 4.09. The zero-order chi connectivity index (χ0) is 8.55. The monoisotopic (exact) mass is 226 g/mol. The standard InChI is InChI=1S/C9H11BrN2/c10-8-5-7(11)4-6-2-1-3-12-9(6)8/h4-5,12H,1-3,11H2. The Balaban J connectivity index is 2.53. The second-order valence-corrected chi connectivity index (χ2v) is 3.92. The molecule has 0 radical (unpaired) electrons. The van der Waals surface area contributed by atoms with Gasteiger partial charge in [0.15, 0.2) is 0 Å². The van der Waals surface area contributed by atoms with E-state index in [0.717, 1.165) is 23.1 Å². The summed E-state index contributed by atoms with van der Waals surface area (Å²) in [5, 5.41) is 3.36. The maximum Gasteiger partial charge on any atom is 0.0518 e. The Labute approximate surface area is 80.3 Å². The van der Waals surface area contributed by atoms with Crippen LogP contribution in [0, 0.1) is 0 Å². The quantitative estimate of drug-likeness (QED) is 0.668. The van der Waals surface area contributed by atoms with Crippen LogP contribution >= 0.6 is 15.9 Å². The number of nitrogens with two attached hydrogens (primary N) is 1. The third kappa shape index (κ3) is 1.29. The largest absolute Gasteiger partial charge is 0.399 e. The van der Waals surface area contributed by atoms with E-state index in [2.05, 4.69) is 21.2 Å². The smallest absolute Gasteiger partial charge is 0.0518 e. The minimum Gasteiger partial charge on any atom is -0.399 e. The average Bonchev–Trinajstić information content (AvgIpc) is 2.04. The summed E-state index contributed by atoms with van der Waals surface area (Å²) in [7, 11) is 0. The zero-order valence-electron chi connectivity index (χ0n) is 6.73. The average molecular weight is 227 g/mol. The van der Waals surface area contributed by atoms with E-state index in [9.17, 15) is 0 Å². The number of halogens is 1. The van der Waals surface area contributed by atoms with Crippen molar-refractivity contribution in [1.82, 2.24) is 0 Å². The van der Waals surface area contributed by atoms with Crippen molar-refractivity contribution in [2.45, 2.75) is 12.8 Å². The molecule has 1 aliphatic heterocycles. The van der Waals surface area contributed by atoms with Crippen LogP contribution in [0.1, 0.15) is 12.0 Å². The summed E-state index contributed by atoms with van der Waals surface area (Å²) in [6, 6.07) is 3.99. The predicted octanol–water partition coefficient (Wildman–Crippen LogP) is 2.39. The van der Waals surface area contributed by atoms with Crippen LogP contribution in [0.4, 0.5) is 11.4 Å². The molecule has 0 bridgehead atoms. The molecule has 3 N–H and O–H groups in total. The highest BCUT2D eigenvalue weighted by Gasteiger charge is 2.11. The summed E-state index contributed by atoms with van der Waals surface area (Å²) in [5.41, 5.74) is 9.11. The number of nitrogen functional groups attached to an aromatic ring is 1. The normalized spacial score (nSPS) is 15.1. The number of nitrogens with one attached hydrogen (secondary N) is 1. The van der Waals surface area contributed by atoms with Gasteiger partial charge in [0.25, 0.3) is 0 Å². The van der Waals surface area contributed by atoms with E-state index in [4.69, 9.17) is 5.73 Å². The third-order valence-corrected chi connectivity index (χ3v) is 2.74.